The Morgan fingerprint density at radius 2 is 1.95 bits per heavy atom. The highest BCUT2D eigenvalue weighted by Crippen LogP contribution is 2.13. The molecule has 1 aliphatic rings. The minimum Gasteiger partial charge on any atom is -0.342 e. The van der Waals surface area contributed by atoms with E-state index in [2.05, 4.69) is 24.1 Å². The first-order valence-electron chi connectivity index (χ1n) is 7.83. The predicted molar refractivity (Wildman–Crippen MR) is 80.3 cm³/mol. The molecule has 0 aromatic carbocycles. The number of nitrogens with one attached hydrogen (secondary N) is 1. The van der Waals surface area contributed by atoms with Crippen molar-refractivity contribution < 1.29 is 4.79 Å². The van der Waals surface area contributed by atoms with Gasteiger partial charge in [0.05, 0.1) is 6.54 Å². The first-order chi connectivity index (χ1) is 9.08. The first kappa shape index (κ1) is 16.4. The SMILES string of the molecule is CCN(CC)C(=O)CNC1CCCN(C(C)C)CC1. The zero-order valence-electron chi connectivity index (χ0n) is 13.1. The van der Waals surface area contributed by atoms with Crippen molar-refractivity contribution in [3.8, 4) is 0 Å². The van der Waals surface area contributed by atoms with Crippen LogP contribution in [0.5, 0.6) is 0 Å². The zero-order chi connectivity index (χ0) is 14.3. The highest BCUT2D eigenvalue weighted by molar-refractivity contribution is 5.78. The van der Waals surface area contributed by atoms with E-state index in [4.69, 9.17) is 0 Å². The smallest absolute Gasteiger partial charge is 0.236 e. The minimum atomic E-state index is 0.231. The normalized spacial score (nSPS) is 21.4. The molecule has 0 saturated carbocycles. The number of carbonyl (C=O) groups excluding carboxylic acids is 1. The molecule has 1 N–H and O–H groups in total. The van der Waals surface area contributed by atoms with Crippen LogP contribution in [0.25, 0.3) is 0 Å². The predicted octanol–water partition coefficient (Wildman–Crippen LogP) is 1.71. The molecule has 0 aromatic rings. The number of likely N-dealkylation sites (N-methyl/N-ethyl adjacent to an activating group) is 1. The van der Waals surface area contributed by atoms with Gasteiger partial charge in [0.1, 0.15) is 0 Å². The van der Waals surface area contributed by atoms with Crippen molar-refractivity contribution in [2.24, 2.45) is 0 Å². The molecule has 1 atom stereocenters. The quantitative estimate of drug-likeness (QED) is 0.797. The fourth-order valence-corrected chi connectivity index (χ4v) is 2.76. The van der Waals surface area contributed by atoms with Crippen LogP contribution in [0.3, 0.4) is 0 Å². The molecular formula is C15H31N3O. The lowest BCUT2D eigenvalue weighted by atomic mass is 10.1. The molecule has 1 amide bonds. The van der Waals surface area contributed by atoms with Crippen LogP contribution in [0.1, 0.15) is 47.0 Å². The number of carbonyl (C=O) groups is 1. The summed E-state index contributed by atoms with van der Waals surface area (Å²) in [4.78, 5) is 16.4. The molecular weight excluding hydrogens is 238 g/mol. The van der Waals surface area contributed by atoms with Crippen molar-refractivity contribution in [3.63, 3.8) is 0 Å². The van der Waals surface area contributed by atoms with E-state index >= 15 is 0 Å². The summed E-state index contributed by atoms with van der Waals surface area (Å²) in [6.07, 6.45) is 3.58. The Hall–Kier alpha value is -0.610. The summed E-state index contributed by atoms with van der Waals surface area (Å²) in [5, 5.41) is 3.45. The van der Waals surface area contributed by atoms with Gasteiger partial charge in [-0.3, -0.25) is 4.79 Å². The van der Waals surface area contributed by atoms with Gasteiger partial charge in [-0.2, -0.15) is 0 Å². The van der Waals surface area contributed by atoms with Gasteiger partial charge in [0, 0.05) is 25.2 Å². The highest BCUT2D eigenvalue weighted by atomic mass is 16.2. The molecule has 0 bridgehead atoms. The maximum absolute atomic E-state index is 12.0. The third-order valence-corrected chi connectivity index (χ3v) is 4.15. The summed E-state index contributed by atoms with van der Waals surface area (Å²) in [7, 11) is 0. The van der Waals surface area contributed by atoms with Gasteiger partial charge in [-0.25, -0.2) is 0 Å². The highest BCUT2D eigenvalue weighted by Gasteiger charge is 2.19. The maximum Gasteiger partial charge on any atom is 0.236 e. The van der Waals surface area contributed by atoms with E-state index in [-0.39, 0.29) is 5.91 Å². The number of amides is 1. The molecule has 1 aliphatic heterocycles. The van der Waals surface area contributed by atoms with Crippen LogP contribution < -0.4 is 5.32 Å². The standard InChI is InChI=1S/C15H31N3O/c1-5-17(6-2)15(19)12-16-14-8-7-10-18(11-9-14)13(3)4/h13-14,16H,5-12H2,1-4H3. The third-order valence-electron chi connectivity index (χ3n) is 4.15. The second kappa shape index (κ2) is 8.54. The summed E-state index contributed by atoms with van der Waals surface area (Å²) in [6, 6.07) is 1.14. The van der Waals surface area contributed by atoms with Gasteiger partial charge in [-0.1, -0.05) is 0 Å². The van der Waals surface area contributed by atoms with E-state index in [1.165, 1.54) is 19.4 Å². The number of hydrogen-bond donors (Lipinski definition) is 1. The second-order valence-electron chi connectivity index (χ2n) is 5.70. The van der Waals surface area contributed by atoms with Crippen molar-refractivity contribution >= 4 is 5.91 Å². The average molecular weight is 269 g/mol. The molecule has 19 heavy (non-hydrogen) atoms. The van der Waals surface area contributed by atoms with E-state index in [0.29, 0.717) is 18.6 Å². The van der Waals surface area contributed by atoms with Crippen molar-refractivity contribution in [2.75, 3.05) is 32.7 Å². The minimum absolute atomic E-state index is 0.231. The third kappa shape index (κ3) is 5.49. The molecule has 1 unspecified atom stereocenters. The lowest BCUT2D eigenvalue weighted by molar-refractivity contribution is -0.130. The van der Waals surface area contributed by atoms with Crippen LogP contribution in [-0.4, -0.2) is 60.5 Å². The Morgan fingerprint density at radius 3 is 2.53 bits per heavy atom. The summed E-state index contributed by atoms with van der Waals surface area (Å²) in [6.45, 7) is 13.0. The Bertz CT molecular complexity index is 264. The van der Waals surface area contributed by atoms with Crippen LogP contribution in [0.4, 0.5) is 0 Å². The van der Waals surface area contributed by atoms with Crippen molar-refractivity contribution in [1.82, 2.24) is 15.1 Å². The van der Waals surface area contributed by atoms with Crippen LogP contribution in [0.2, 0.25) is 0 Å². The van der Waals surface area contributed by atoms with E-state index in [9.17, 15) is 4.79 Å². The topological polar surface area (TPSA) is 35.6 Å². The van der Waals surface area contributed by atoms with Gasteiger partial charge in [0.25, 0.3) is 0 Å². The Kier molecular flexibility index (Phi) is 7.39. The summed E-state index contributed by atoms with van der Waals surface area (Å²) < 4.78 is 0. The van der Waals surface area contributed by atoms with Crippen molar-refractivity contribution in [2.45, 2.75) is 59.0 Å². The summed E-state index contributed by atoms with van der Waals surface area (Å²) >= 11 is 0. The van der Waals surface area contributed by atoms with Crippen molar-refractivity contribution in [3.05, 3.63) is 0 Å². The van der Waals surface area contributed by atoms with Gasteiger partial charge >= 0.3 is 0 Å². The molecule has 1 saturated heterocycles. The van der Waals surface area contributed by atoms with Crippen LogP contribution >= 0.6 is 0 Å². The first-order valence-corrected chi connectivity index (χ1v) is 7.83. The van der Waals surface area contributed by atoms with Crippen molar-refractivity contribution in [1.29, 1.82) is 0 Å². The van der Waals surface area contributed by atoms with E-state index < -0.39 is 0 Å². The number of hydrogen-bond acceptors (Lipinski definition) is 3. The molecule has 0 spiro atoms. The van der Waals surface area contributed by atoms with Crippen LogP contribution in [-0.2, 0) is 4.79 Å². The van der Waals surface area contributed by atoms with Gasteiger partial charge in [-0.15, -0.1) is 0 Å². The molecule has 0 radical (unpaired) electrons. The number of likely N-dealkylation sites (tertiary alicyclic amines) is 1. The van der Waals surface area contributed by atoms with Crippen LogP contribution in [0, 0.1) is 0 Å². The lowest BCUT2D eigenvalue weighted by Gasteiger charge is -2.24. The Morgan fingerprint density at radius 1 is 1.26 bits per heavy atom. The fourth-order valence-electron chi connectivity index (χ4n) is 2.76. The van der Waals surface area contributed by atoms with Gasteiger partial charge in [-0.05, 0) is 60.0 Å². The lowest BCUT2D eigenvalue weighted by Crippen LogP contribution is -2.42. The number of rotatable bonds is 6. The Balaban J connectivity index is 2.32. The molecule has 112 valence electrons. The molecule has 0 aromatic heterocycles. The molecule has 0 aliphatic carbocycles. The monoisotopic (exact) mass is 269 g/mol. The Labute approximate surface area is 118 Å². The summed E-state index contributed by atoms with van der Waals surface area (Å²) in [5.74, 6) is 0.231. The second-order valence-corrected chi connectivity index (χ2v) is 5.70. The van der Waals surface area contributed by atoms with Gasteiger partial charge in [0.2, 0.25) is 5.91 Å². The van der Waals surface area contributed by atoms with Crippen LogP contribution in [0.15, 0.2) is 0 Å². The molecule has 4 nitrogen and oxygen atoms in total. The van der Waals surface area contributed by atoms with Gasteiger partial charge < -0.3 is 15.1 Å². The van der Waals surface area contributed by atoms with E-state index in [1.807, 2.05) is 18.7 Å². The molecule has 1 fully saturated rings. The van der Waals surface area contributed by atoms with E-state index in [0.717, 1.165) is 26.1 Å². The van der Waals surface area contributed by atoms with Gasteiger partial charge in [0.15, 0.2) is 0 Å². The average Bonchev–Trinajstić information content (AvgIpc) is 2.63. The summed E-state index contributed by atoms with van der Waals surface area (Å²) in [5.41, 5.74) is 0. The van der Waals surface area contributed by atoms with E-state index in [1.54, 1.807) is 0 Å². The molecule has 4 heteroatoms. The number of nitrogens with zero attached hydrogens (tertiary/aromatic N) is 2. The zero-order valence-corrected chi connectivity index (χ0v) is 13.1. The maximum atomic E-state index is 12.0. The molecule has 1 rings (SSSR count). The largest absolute Gasteiger partial charge is 0.342 e. The molecule has 1 heterocycles. The fraction of sp³-hybridized carbons (Fsp3) is 0.933.